The topological polar surface area (TPSA) is 67.7 Å². The van der Waals surface area contributed by atoms with Crippen molar-refractivity contribution in [3.63, 3.8) is 0 Å². The molecule has 0 unspecified atom stereocenters. The van der Waals surface area contributed by atoms with Crippen LogP contribution in [0.5, 0.6) is 0 Å². The van der Waals surface area contributed by atoms with Gasteiger partial charge in [-0.2, -0.15) is 5.10 Å². The molecule has 4 nitrogen and oxygen atoms in total. The summed E-state index contributed by atoms with van der Waals surface area (Å²) in [6.45, 7) is 1.95. The summed E-state index contributed by atoms with van der Waals surface area (Å²) in [6, 6.07) is 2.00. The van der Waals surface area contributed by atoms with Gasteiger partial charge in [0, 0.05) is 18.5 Å². The number of hydrogen-bond donors (Lipinski definition) is 2. The molecule has 0 aliphatic heterocycles. The zero-order valence-corrected chi connectivity index (χ0v) is 7.98. The quantitative estimate of drug-likeness (QED) is 0.529. The number of hydrogen-bond acceptors (Lipinski definition) is 3. The van der Waals surface area contributed by atoms with Gasteiger partial charge in [0.2, 0.25) is 0 Å². The van der Waals surface area contributed by atoms with Crippen LogP contribution in [0.2, 0.25) is 0 Å². The summed E-state index contributed by atoms with van der Waals surface area (Å²) in [5.74, 6) is 0.715. The van der Waals surface area contributed by atoms with Crippen LogP contribution in [-0.2, 0) is 12.8 Å². The maximum absolute atomic E-state index is 7.03. The van der Waals surface area contributed by atoms with E-state index < -0.39 is 0 Å². The van der Waals surface area contributed by atoms with Crippen LogP contribution in [0.4, 0.5) is 0 Å². The first-order valence-electron chi connectivity index (χ1n) is 3.56. The highest BCUT2D eigenvalue weighted by atomic mass is 32.2. The first kappa shape index (κ1) is 9.12. The molecular weight excluding hydrogens is 172 g/mol. The first-order valence-corrected chi connectivity index (χ1v) is 4.54. The number of nitrogens with two attached hydrogens (primary N) is 1. The molecule has 0 radical (unpaired) electrons. The van der Waals surface area contributed by atoms with Crippen LogP contribution < -0.4 is 5.73 Å². The van der Waals surface area contributed by atoms with Crippen LogP contribution in [0.1, 0.15) is 11.4 Å². The molecule has 1 aromatic rings. The molecule has 3 N–H and O–H groups in total. The summed E-state index contributed by atoms with van der Waals surface area (Å²) in [4.78, 5) is 0. The Morgan fingerprint density at radius 3 is 2.92 bits per heavy atom. The molecule has 5 heteroatoms. The second-order valence-electron chi connectivity index (χ2n) is 2.55. The fourth-order valence-corrected chi connectivity index (χ4v) is 1.52. The van der Waals surface area contributed by atoms with E-state index in [9.17, 15) is 0 Å². The van der Waals surface area contributed by atoms with Gasteiger partial charge in [0.15, 0.2) is 5.17 Å². The lowest BCUT2D eigenvalue weighted by molar-refractivity contribution is 0.728. The lowest BCUT2D eigenvalue weighted by atomic mass is 10.4. The molecule has 1 heterocycles. The molecule has 0 spiro atoms. The highest BCUT2D eigenvalue weighted by Crippen LogP contribution is 2.11. The predicted molar refractivity (Wildman–Crippen MR) is 51.2 cm³/mol. The van der Waals surface area contributed by atoms with Gasteiger partial charge in [0.05, 0.1) is 5.69 Å². The van der Waals surface area contributed by atoms with Gasteiger partial charge in [-0.3, -0.25) is 10.1 Å². The minimum atomic E-state index is 0.147. The zero-order valence-electron chi connectivity index (χ0n) is 7.16. The van der Waals surface area contributed by atoms with Crippen LogP contribution in [-0.4, -0.2) is 14.9 Å². The molecule has 1 rings (SSSR count). The Kier molecular flexibility index (Phi) is 2.75. The highest BCUT2D eigenvalue weighted by molar-refractivity contribution is 8.13. The molecule has 0 aliphatic rings. The van der Waals surface area contributed by atoms with Gasteiger partial charge in [0.1, 0.15) is 0 Å². The summed E-state index contributed by atoms with van der Waals surface area (Å²) in [5.41, 5.74) is 7.30. The smallest absolute Gasteiger partial charge is 0.151 e. The number of aromatic nitrogens is 2. The third-order valence-corrected chi connectivity index (χ3v) is 2.23. The average Bonchev–Trinajstić information content (AvgIpc) is 2.26. The van der Waals surface area contributed by atoms with E-state index in [2.05, 4.69) is 5.10 Å². The van der Waals surface area contributed by atoms with E-state index in [-0.39, 0.29) is 5.17 Å². The predicted octanol–water partition coefficient (Wildman–Crippen LogP) is 0.855. The second-order valence-corrected chi connectivity index (χ2v) is 3.57. The highest BCUT2D eigenvalue weighted by Gasteiger charge is 2.02. The third kappa shape index (κ3) is 2.27. The van der Waals surface area contributed by atoms with Gasteiger partial charge < -0.3 is 5.73 Å². The van der Waals surface area contributed by atoms with Crippen LogP contribution in [0.15, 0.2) is 6.07 Å². The van der Waals surface area contributed by atoms with E-state index in [1.807, 2.05) is 24.7 Å². The van der Waals surface area contributed by atoms with Gasteiger partial charge >= 0.3 is 0 Å². The van der Waals surface area contributed by atoms with Gasteiger partial charge in [-0.1, -0.05) is 11.8 Å². The Morgan fingerprint density at radius 1 is 1.83 bits per heavy atom. The number of rotatable bonds is 2. The fourth-order valence-electron chi connectivity index (χ4n) is 0.951. The van der Waals surface area contributed by atoms with Crippen molar-refractivity contribution in [1.82, 2.24) is 9.78 Å². The summed E-state index contributed by atoms with van der Waals surface area (Å²) < 4.78 is 1.81. The minimum absolute atomic E-state index is 0.147. The molecule has 0 fully saturated rings. The van der Waals surface area contributed by atoms with Crippen LogP contribution in [0.25, 0.3) is 0 Å². The summed E-state index contributed by atoms with van der Waals surface area (Å²) in [5, 5.41) is 11.4. The molecule has 1 aromatic heterocycles. The van der Waals surface area contributed by atoms with E-state index in [4.69, 9.17) is 11.1 Å². The molecular formula is C7H12N4S. The van der Waals surface area contributed by atoms with Crippen molar-refractivity contribution in [2.45, 2.75) is 12.7 Å². The maximum Gasteiger partial charge on any atom is 0.151 e. The fraction of sp³-hybridized carbons (Fsp3) is 0.429. The normalized spacial score (nSPS) is 10.2. The van der Waals surface area contributed by atoms with Crippen molar-refractivity contribution in [2.24, 2.45) is 12.8 Å². The Bertz CT molecular complexity index is 292. The number of aryl methyl sites for hydroxylation is 2. The summed E-state index contributed by atoms with van der Waals surface area (Å²) in [7, 11) is 1.89. The van der Waals surface area contributed by atoms with Crippen LogP contribution >= 0.6 is 11.8 Å². The van der Waals surface area contributed by atoms with Crippen LogP contribution in [0.3, 0.4) is 0 Å². The van der Waals surface area contributed by atoms with Crippen molar-refractivity contribution in [1.29, 1.82) is 5.41 Å². The van der Waals surface area contributed by atoms with E-state index in [1.165, 1.54) is 11.8 Å². The lowest BCUT2D eigenvalue weighted by Crippen LogP contribution is -2.05. The molecule has 0 saturated heterocycles. The van der Waals surface area contributed by atoms with Crippen molar-refractivity contribution in [3.05, 3.63) is 17.5 Å². The Morgan fingerprint density at radius 2 is 2.50 bits per heavy atom. The number of amidine groups is 1. The molecule has 0 bridgehead atoms. The average molecular weight is 184 g/mol. The van der Waals surface area contributed by atoms with Crippen molar-refractivity contribution in [3.8, 4) is 0 Å². The Hall–Kier alpha value is -0.970. The third-order valence-electron chi connectivity index (χ3n) is 1.47. The number of nitrogens with one attached hydrogen (secondary N) is 1. The SMILES string of the molecule is Cc1cc(CSC(=N)N)n(C)n1. The number of thioether (sulfide) groups is 1. The standard InChI is InChI=1S/C7H12N4S/c1-5-3-6(11(2)10-5)4-12-7(8)9/h3H,4H2,1-2H3,(H3,8,9). The summed E-state index contributed by atoms with van der Waals surface area (Å²) in [6.07, 6.45) is 0. The van der Waals surface area contributed by atoms with Crippen molar-refractivity contribution >= 4 is 16.9 Å². The lowest BCUT2D eigenvalue weighted by Gasteiger charge is -1.98. The van der Waals surface area contributed by atoms with Gasteiger partial charge in [-0.15, -0.1) is 0 Å². The van der Waals surface area contributed by atoms with E-state index >= 15 is 0 Å². The molecule has 0 saturated carbocycles. The maximum atomic E-state index is 7.03. The van der Waals surface area contributed by atoms with E-state index in [0.29, 0.717) is 5.75 Å². The molecule has 66 valence electrons. The largest absolute Gasteiger partial charge is 0.379 e. The molecule has 0 atom stereocenters. The molecule has 0 aliphatic carbocycles. The molecule has 0 amide bonds. The van der Waals surface area contributed by atoms with Gasteiger partial charge in [0.25, 0.3) is 0 Å². The van der Waals surface area contributed by atoms with E-state index in [0.717, 1.165) is 11.4 Å². The zero-order chi connectivity index (χ0) is 9.14. The van der Waals surface area contributed by atoms with Crippen molar-refractivity contribution in [2.75, 3.05) is 0 Å². The first-order chi connectivity index (χ1) is 5.59. The monoisotopic (exact) mass is 184 g/mol. The molecule has 12 heavy (non-hydrogen) atoms. The van der Waals surface area contributed by atoms with Gasteiger partial charge in [-0.05, 0) is 13.0 Å². The number of nitrogens with zero attached hydrogens (tertiary/aromatic N) is 2. The summed E-state index contributed by atoms with van der Waals surface area (Å²) >= 11 is 1.31. The molecule has 0 aromatic carbocycles. The Balaban J connectivity index is 2.62. The minimum Gasteiger partial charge on any atom is -0.379 e. The Labute approximate surface area is 75.6 Å². The van der Waals surface area contributed by atoms with Crippen LogP contribution in [0, 0.1) is 12.3 Å². The van der Waals surface area contributed by atoms with Gasteiger partial charge in [-0.25, -0.2) is 0 Å². The second kappa shape index (κ2) is 3.62. The van der Waals surface area contributed by atoms with Crippen molar-refractivity contribution < 1.29 is 0 Å². The van der Waals surface area contributed by atoms with E-state index in [1.54, 1.807) is 0 Å².